The van der Waals surface area contributed by atoms with Crippen LogP contribution in [0.5, 0.6) is 5.75 Å². The van der Waals surface area contributed by atoms with E-state index in [1.54, 1.807) is 16.4 Å². The van der Waals surface area contributed by atoms with Crippen LogP contribution in [0, 0.1) is 6.92 Å². The van der Waals surface area contributed by atoms with E-state index in [0.29, 0.717) is 25.4 Å². The minimum Gasteiger partial charge on any atom is -0.495 e. The Morgan fingerprint density at radius 2 is 1.80 bits per heavy atom. The van der Waals surface area contributed by atoms with Gasteiger partial charge in [-0.1, -0.05) is 24.3 Å². The summed E-state index contributed by atoms with van der Waals surface area (Å²) in [5.74, 6) is 0.392. The number of ether oxygens (including phenoxy) is 1. The number of sulfonamides is 1. The SMILES string of the molecule is COc1ccc(C)cc1S(=O)(=O)N1CCN(c2ccccc2)C(C)C1. The first-order valence-electron chi connectivity index (χ1n) is 8.40. The molecule has 1 heterocycles. The maximum absolute atomic E-state index is 13.1. The number of aryl methyl sites for hydroxylation is 1. The average molecular weight is 360 g/mol. The van der Waals surface area contributed by atoms with Crippen LogP contribution in [0.1, 0.15) is 12.5 Å². The topological polar surface area (TPSA) is 49.9 Å². The van der Waals surface area contributed by atoms with Gasteiger partial charge in [0.25, 0.3) is 0 Å². The minimum atomic E-state index is -3.58. The summed E-state index contributed by atoms with van der Waals surface area (Å²) >= 11 is 0. The van der Waals surface area contributed by atoms with Crippen LogP contribution in [0.4, 0.5) is 5.69 Å². The first kappa shape index (κ1) is 17.8. The van der Waals surface area contributed by atoms with Crippen molar-refractivity contribution in [2.75, 3.05) is 31.6 Å². The van der Waals surface area contributed by atoms with Crippen molar-refractivity contribution >= 4 is 15.7 Å². The monoisotopic (exact) mass is 360 g/mol. The molecule has 6 heteroatoms. The van der Waals surface area contributed by atoms with Crippen molar-refractivity contribution in [2.24, 2.45) is 0 Å². The van der Waals surface area contributed by atoms with E-state index < -0.39 is 10.0 Å². The van der Waals surface area contributed by atoms with E-state index >= 15 is 0 Å². The van der Waals surface area contributed by atoms with Crippen molar-refractivity contribution in [3.63, 3.8) is 0 Å². The van der Waals surface area contributed by atoms with Crippen LogP contribution < -0.4 is 9.64 Å². The summed E-state index contributed by atoms with van der Waals surface area (Å²) in [6.45, 7) is 5.52. The fourth-order valence-electron chi connectivity index (χ4n) is 3.27. The highest BCUT2D eigenvalue weighted by Crippen LogP contribution is 2.30. The smallest absolute Gasteiger partial charge is 0.246 e. The normalized spacial score (nSPS) is 19.0. The number of methoxy groups -OCH3 is 1. The summed E-state index contributed by atoms with van der Waals surface area (Å²) in [6, 6.07) is 15.5. The summed E-state index contributed by atoms with van der Waals surface area (Å²) in [5.41, 5.74) is 2.02. The molecule has 5 nitrogen and oxygen atoms in total. The van der Waals surface area contributed by atoms with Crippen LogP contribution in [-0.2, 0) is 10.0 Å². The molecule has 0 saturated carbocycles. The van der Waals surface area contributed by atoms with E-state index in [4.69, 9.17) is 4.74 Å². The van der Waals surface area contributed by atoms with Crippen molar-refractivity contribution in [3.05, 3.63) is 54.1 Å². The van der Waals surface area contributed by atoms with Crippen molar-refractivity contribution in [2.45, 2.75) is 24.8 Å². The predicted molar refractivity (Wildman–Crippen MR) is 99.7 cm³/mol. The molecule has 1 atom stereocenters. The number of rotatable bonds is 4. The maximum atomic E-state index is 13.1. The van der Waals surface area contributed by atoms with Crippen molar-refractivity contribution in [1.29, 1.82) is 0 Å². The molecule has 0 amide bonds. The Balaban J connectivity index is 1.85. The molecule has 1 aliphatic rings. The van der Waals surface area contributed by atoms with E-state index in [0.717, 1.165) is 11.3 Å². The van der Waals surface area contributed by atoms with Gasteiger partial charge in [0.2, 0.25) is 10.0 Å². The molecule has 134 valence electrons. The number of hydrogen-bond donors (Lipinski definition) is 0. The molecule has 0 bridgehead atoms. The van der Waals surface area contributed by atoms with Crippen LogP contribution in [0.15, 0.2) is 53.4 Å². The standard InChI is InChI=1S/C19H24N2O3S/c1-15-9-10-18(24-3)19(13-15)25(22,23)20-11-12-21(16(2)14-20)17-7-5-4-6-8-17/h4-10,13,16H,11-12,14H2,1-3H3. The van der Waals surface area contributed by atoms with E-state index in [1.807, 2.05) is 31.2 Å². The summed E-state index contributed by atoms with van der Waals surface area (Å²) in [4.78, 5) is 2.50. The van der Waals surface area contributed by atoms with E-state index in [-0.39, 0.29) is 10.9 Å². The third-order valence-electron chi connectivity index (χ3n) is 4.62. The Morgan fingerprint density at radius 3 is 2.44 bits per heavy atom. The molecule has 0 aliphatic carbocycles. The fraction of sp³-hybridized carbons (Fsp3) is 0.368. The van der Waals surface area contributed by atoms with Gasteiger partial charge in [0, 0.05) is 31.4 Å². The van der Waals surface area contributed by atoms with Gasteiger partial charge in [0.1, 0.15) is 10.6 Å². The van der Waals surface area contributed by atoms with Gasteiger partial charge in [-0.05, 0) is 43.7 Å². The molecule has 0 spiro atoms. The van der Waals surface area contributed by atoms with Crippen LogP contribution in [0.2, 0.25) is 0 Å². The number of hydrogen-bond acceptors (Lipinski definition) is 4. The summed E-state index contributed by atoms with van der Waals surface area (Å²) in [5, 5.41) is 0. The zero-order valence-electron chi connectivity index (χ0n) is 14.8. The fourth-order valence-corrected chi connectivity index (χ4v) is 5.02. The Morgan fingerprint density at radius 1 is 1.08 bits per heavy atom. The highest BCUT2D eigenvalue weighted by Gasteiger charge is 2.34. The molecule has 0 radical (unpaired) electrons. The molecule has 2 aromatic rings. The van der Waals surface area contributed by atoms with Gasteiger partial charge in [-0.15, -0.1) is 0 Å². The van der Waals surface area contributed by atoms with E-state index in [9.17, 15) is 8.42 Å². The Hall–Kier alpha value is -2.05. The van der Waals surface area contributed by atoms with E-state index in [2.05, 4.69) is 24.0 Å². The molecule has 3 rings (SSSR count). The number of para-hydroxylation sites is 1. The maximum Gasteiger partial charge on any atom is 0.246 e. The number of piperazine rings is 1. The molecule has 1 saturated heterocycles. The molecule has 1 unspecified atom stereocenters. The lowest BCUT2D eigenvalue weighted by atomic mass is 10.2. The zero-order valence-corrected chi connectivity index (χ0v) is 15.7. The lowest BCUT2D eigenvalue weighted by Gasteiger charge is -2.40. The highest BCUT2D eigenvalue weighted by atomic mass is 32.2. The summed E-state index contributed by atoms with van der Waals surface area (Å²) in [6.07, 6.45) is 0. The van der Waals surface area contributed by atoms with Gasteiger partial charge in [-0.3, -0.25) is 0 Å². The quantitative estimate of drug-likeness (QED) is 0.841. The minimum absolute atomic E-state index is 0.0988. The second-order valence-corrected chi connectivity index (χ2v) is 8.30. The first-order chi connectivity index (χ1) is 11.9. The number of anilines is 1. The largest absolute Gasteiger partial charge is 0.495 e. The summed E-state index contributed by atoms with van der Waals surface area (Å²) < 4.78 is 33.1. The molecule has 1 aliphatic heterocycles. The Kier molecular flexibility index (Phi) is 5.01. The molecule has 0 aromatic heterocycles. The third kappa shape index (κ3) is 3.50. The lowest BCUT2D eigenvalue weighted by molar-refractivity contribution is 0.339. The van der Waals surface area contributed by atoms with Crippen LogP contribution in [0.25, 0.3) is 0 Å². The molecule has 25 heavy (non-hydrogen) atoms. The Bertz CT molecular complexity index is 837. The second kappa shape index (κ2) is 7.06. The van der Waals surface area contributed by atoms with Crippen LogP contribution in [-0.4, -0.2) is 45.5 Å². The number of benzene rings is 2. The first-order valence-corrected chi connectivity index (χ1v) is 9.84. The van der Waals surface area contributed by atoms with Crippen LogP contribution in [0.3, 0.4) is 0 Å². The van der Waals surface area contributed by atoms with Crippen molar-refractivity contribution < 1.29 is 13.2 Å². The van der Waals surface area contributed by atoms with Gasteiger partial charge < -0.3 is 9.64 Å². The van der Waals surface area contributed by atoms with Gasteiger partial charge >= 0.3 is 0 Å². The van der Waals surface area contributed by atoms with Crippen LogP contribution >= 0.6 is 0 Å². The third-order valence-corrected chi connectivity index (χ3v) is 6.50. The zero-order chi connectivity index (χ0) is 18.0. The summed E-state index contributed by atoms with van der Waals surface area (Å²) in [7, 11) is -2.08. The molecular weight excluding hydrogens is 336 g/mol. The van der Waals surface area contributed by atoms with Gasteiger partial charge in [-0.25, -0.2) is 8.42 Å². The van der Waals surface area contributed by atoms with Crippen molar-refractivity contribution in [1.82, 2.24) is 4.31 Å². The number of nitrogens with zero attached hydrogens (tertiary/aromatic N) is 2. The van der Waals surface area contributed by atoms with Gasteiger partial charge in [0.05, 0.1) is 7.11 Å². The Labute approximate surface area is 149 Å². The average Bonchev–Trinajstić information content (AvgIpc) is 2.62. The molecule has 2 aromatic carbocycles. The second-order valence-electron chi connectivity index (χ2n) is 6.40. The van der Waals surface area contributed by atoms with Crippen molar-refractivity contribution in [3.8, 4) is 5.75 Å². The van der Waals surface area contributed by atoms with Gasteiger partial charge in [-0.2, -0.15) is 4.31 Å². The highest BCUT2D eigenvalue weighted by molar-refractivity contribution is 7.89. The van der Waals surface area contributed by atoms with E-state index in [1.165, 1.54) is 7.11 Å². The molecular formula is C19H24N2O3S. The molecule has 1 fully saturated rings. The van der Waals surface area contributed by atoms with Gasteiger partial charge in [0.15, 0.2) is 0 Å². The lowest BCUT2D eigenvalue weighted by Crippen LogP contribution is -2.53. The molecule has 0 N–H and O–H groups in total. The predicted octanol–water partition coefficient (Wildman–Crippen LogP) is 2.90.